The van der Waals surface area contributed by atoms with Crippen molar-refractivity contribution in [2.75, 3.05) is 6.61 Å². The van der Waals surface area contributed by atoms with E-state index < -0.39 is 0 Å². The summed E-state index contributed by atoms with van der Waals surface area (Å²) in [6, 6.07) is 7.56. The van der Waals surface area contributed by atoms with Crippen molar-refractivity contribution in [1.82, 2.24) is 0 Å². The molecule has 0 heterocycles. The number of nitrogens with two attached hydrogens (primary N) is 1. The Bertz CT molecular complexity index is 396. The van der Waals surface area contributed by atoms with Crippen molar-refractivity contribution in [3.8, 4) is 12.0 Å². The highest BCUT2D eigenvalue weighted by molar-refractivity contribution is 7.80. The first-order valence-electron chi connectivity index (χ1n) is 5.57. The first-order chi connectivity index (χ1) is 8.51. The third kappa shape index (κ3) is 7.47. The molecular weight excluding hydrogens is 248 g/mol. The Labute approximate surface area is 113 Å². The molecular formula is C13H18N2O2S. The molecule has 0 atom stereocenters. The van der Waals surface area contributed by atoms with Crippen molar-refractivity contribution in [3.05, 3.63) is 29.8 Å². The normalized spacial score (nSPS) is 9.00. The molecule has 0 bridgehead atoms. The van der Waals surface area contributed by atoms with E-state index in [1.54, 1.807) is 0 Å². The number of benzene rings is 1. The molecule has 1 rings (SSSR count). The first-order valence-corrected chi connectivity index (χ1v) is 5.98. The highest BCUT2D eigenvalue weighted by atomic mass is 32.1. The number of hydrogen-bond acceptors (Lipinski definition) is 4. The van der Waals surface area contributed by atoms with Crippen LogP contribution in [0.3, 0.4) is 0 Å². The topological polar surface area (TPSA) is 79.3 Å². The molecule has 0 saturated carbocycles. The minimum absolute atomic E-state index is 0.420. The van der Waals surface area contributed by atoms with Gasteiger partial charge in [-0.3, -0.25) is 0 Å². The van der Waals surface area contributed by atoms with Gasteiger partial charge in [-0.15, -0.1) is 0 Å². The van der Waals surface area contributed by atoms with Crippen molar-refractivity contribution in [3.63, 3.8) is 0 Å². The fourth-order valence-corrected chi connectivity index (χ4v) is 1.26. The van der Waals surface area contributed by atoms with Gasteiger partial charge >= 0.3 is 0 Å². The summed E-state index contributed by atoms with van der Waals surface area (Å²) in [5, 5.41) is 13.8. The zero-order chi connectivity index (χ0) is 14.0. The smallest absolute Gasteiger partial charge is 0.283 e. The lowest BCUT2D eigenvalue weighted by molar-refractivity contribution is 0.289. The number of hydrogen-bond donors (Lipinski definition) is 2. The van der Waals surface area contributed by atoms with Crippen LogP contribution in [0.25, 0.3) is 0 Å². The fraction of sp³-hybridized carbons (Fsp3) is 0.385. The zero-order valence-corrected chi connectivity index (χ0v) is 11.4. The van der Waals surface area contributed by atoms with Gasteiger partial charge in [0, 0.05) is 5.56 Å². The van der Waals surface area contributed by atoms with Gasteiger partial charge in [-0.25, -0.2) is 0 Å². The second-order valence-corrected chi connectivity index (χ2v) is 4.46. The van der Waals surface area contributed by atoms with Crippen molar-refractivity contribution in [1.29, 1.82) is 5.26 Å². The molecule has 1 aromatic rings. The van der Waals surface area contributed by atoms with Crippen LogP contribution in [-0.2, 0) is 0 Å². The Kier molecular flexibility index (Phi) is 8.33. The summed E-state index contributed by atoms with van der Waals surface area (Å²) < 4.78 is 5.57. The number of rotatable bonds is 5. The van der Waals surface area contributed by atoms with E-state index >= 15 is 0 Å². The molecule has 0 amide bonds. The van der Waals surface area contributed by atoms with Crippen LogP contribution in [-0.4, -0.2) is 16.7 Å². The summed E-state index contributed by atoms with van der Waals surface area (Å²) >= 11 is 4.86. The maximum atomic E-state index is 6.88. The molecule has 0 aliphatic carbocycles. The summed E-state index contributed by atoms with van der Waals surface area (Å²) in [7, 11) is 0. The first kappa shape index (κ1) is 16.2. The van der Waals surface area contributed by atoms with E-state index in [0.29, 0.717) is 10.9 Å². The molecule has 0 unspecified atom stereocenters. The summed E-state index contributed by atoms with van der Waals surface area (Å²) in [5.74, 6) is 1.54. The highest BCUT2D eigenvalue weighted by Crippen LogP contribution is 2.13. The van der Waals surface area contributed by atoms with Crippen LogP contribution in [0.15, 0.2) is 24.3 Å². The Balaban J connectivity index is 0.000000873. The van der Waals surface area contributed by atoms with E-state index in [9.17, 15) is 0 Å². The molecule has 0 radical (unpaired) electrons. The average molecular weight is 266 g/mol. The standard InChI is InChI=1S/C12H17NOS.CHNO/c1-9(2)7-8-14-11-5-3-10(4-6-11)12(13)15;2-1-3/h3-6,9H,7-8H2,1-2H3,(H2,13,15);3H. The zero-order valence-electron chi connectivity index (χ0n) is 10.6. The molecule has 0 aromatic heterocycles. The molecule has 0 saturated heterocycles. The van der Waals surface area contributed by atoms with E-state index in [2.05, 4.69) is 13.8 Å². The highest BCUT2D eigenvalue weighted by Gasteiger charge is 1.98. The molecule has 0 aliphatic rings. The number of nitrogens with zero attached hydrogens (tertiary/aromatic N) is 1. The lowest BCUT2D eigenvalue weighted by Gasteiger charge is -2.08. The van der Waals surface area contributed by atoms with E-state index in [1.165, 1.54) is 0 Å². The molecule has 1 aromatic carbocycles. The monoisotopic (exact) mass is 266 g/mol. The second-order valence-electron chi connectivity index (χ2n) is 4.02. The minimum atomic E-state index is 0.420. The Morgan fingerprint density at radius 3 is 2.33 bits per heavy atom. The Morgan fingerprint density at radius 1 is 1.44 bits per heavy atom. The quantitative estimate of drug-likeness (QED) is 0.632. The maximum absolute atomic E-state index is 6.88. The van der Waals surface area contributed by atoms with Crippen LogP contribution < -0.4 is 10.5 Å². The molecule has 0 aliphatic heterocycles. The van der Waals surface area contributed by atoms with Gasteiger partial charge in [0.05, 0.1) is 6.61 Å². The Hall–Kier alpha value is -1.80. The van der Waals surface area contributed by atoms with Crippen LogP contribution in [0.4, 0.5) is 0 Å². The maximum Gasteiger partial charge on any atom is 0.283 e. The largest absolute Gasteiger partial charge is 0.494 e. The fourth-order valence-electron chi connectivity index (χ4n) is 1.13. The number of ether oxygens (including phenoxy) is 1. The Morgan fingerprint density at radius 2 is 1.94 bits per heavy atom. The minimum Gasteiger partial charge on any atom is -0.494 e. The predicted molar refractivity (Wildman–Crippen MR) is 74.8 cm³/mol. The van der Waals surface area contributed by atoms with Gasteiger partial charge in [-0.05, 0) is 36.6 Å². The van der Waals surface area contributed by atoms with Gasteiger partial charge in [-0.1, -0.05) is 26.1 Å². The molecule has 4 nitrogen and oxygen atoms in total. The van der Waals surface area contributed by atoms with E-state index in [1.807, 2.05) is 24.3 Å². The van der Waals surface area contributed by atoms with Gasteiger partial charge in [0.25, 0.3) is 6.26 Å². The van der Waals surface area contributed by atoms with Gasteiger partial charge in [-0.2, -0.15) is 5.26 Å². The van der Waals surface area contributed by atoms with Gasteiger partial charge in [0.2, 0.25) is 0 Å². The number of aliphatic hydroxyl groups is 1. The summed E-state index contributed by atoms with van der Waals surface area (Å²) in [6.45, 7) is 5.11. The van der Waals surface area contributed by atoms with Crippen molar-refractivity contribution in [2.24, 2.45) is 11.7 Å². The van der Waals surface area contributed by atoms with E-state index in [0.717, 1.165) is 30.6 Å². The third-order valence-corrected chi connectivity index (χ3v) is 2.34. The van der Waals surface area contributed by atoms with Crippen LogP contribution in [0.5, 0.6) is 5.75 Å². The predicted octanol–water partition coefficient (Wildman–Crippen LogP) is 2.59. The SMILES string of the molecule is CC(C)CCOc1ccc(C(N)=S)cc1.N#CO. The van der Waals surface area contributed by atoms with Crippen LogP contribution >= 0.6 is 12.2 Å². The van der Waals surface area contributed by atoms with E-state index in [-0.39, 0.29) is 0 Å². The average Bonchev–Trinajstić information content (AvgIpc) is 2.30. The number of aliphatic hydroxyl groups excluding tert-OH is 1. The van der Waals surface area contributed by atoms with E-state index in [4.69, 9.17) is 33.1 Å². The molecule has 3 N–H and O–H groups in total. The van der Waals surface area contributed by atoms with Crippen LogP contribution in [0.2, 0.25) is 0 Å². The van der Waals surface area contributed by atoms with Gasteiger partial charge < -0.3 is 15.6 Å². The molecule has 18 heavy (non-hydrogen) atoms. The third-order valence-electron chi connectivity index (χ3n) is 2.10. The molecule has 98 valence electrons. The molecule has 0 spiro atoms. The van der Waals surface area contributed by atoms with Crippen molar-refractivity contribution < 1.29 is 9.84 Å². The lowest BCUT2D eigenvalue weighted by Crippen LogP contribution is -2.09. The van der Waals surface area contributed by atoms with Crippen LogP contribution in [0, 0.1) is 17.4 Å². The summed E-state index contributed by atoms with van der Waals surface area (Å²) in [6.07, 6.45) is 1.82. The van der Waals surface area contributed by atoms with Crippen molar-refractivity contribution >= 4 is 17.2 Å². The number of thiocarbonyl (C=S) groups is 1. The molecule has 5 heteroatoms. The lowest BCUT2D eigenvalue weighted by atomic mass is 10.1. The van der Waals surface area contributed by atoms with Gasteiger partial charge in [0.15, 0.2) is 0 Å². The number of nitriles is 1. The van der Waals surface area contributed by atoms with Crippen molar-refractivity contribution in [2.45, 2.75) is 20.3 Å². The van der Waals surface area contributed by atoms with Gasteiger partial charge in [0.1, 0.15) is 10.7 Å². The molecule has 0 fully saturated rings. The van der Waals surface area contributed by atoms with Crippen LogP contribution in [0.1, 0.15) is 25.8 Å². The summed E-state index contributed by atoms with van der Waals surface area (Å²) in [4.78, 5) is 0.420. The second kappa shape index (κ2) is 9.25. The summed E-state index contributed by atoms with van der Waals surface area (Å²) in [5.41, 5.74) is 6.37.